The van der Waals surface area contributed by atoms with Crippen LogP contribution in [-0.4, -0.2) is 56.3 Å². The molecular formula is C14H19N3O7S. The second-order valence-electron chi connectivity index (χ2n) is 5.16. The Hall–Kier alpha value is -2.66. The van der Waals surface area contributed by atoms with Crippen LogP contribution in [0.5, 0.6) is 5.75 Å². The van der Waals surface area contributed by atoms with Gasteiger partial charge in [-0.1, -0.05) is 0 Å². The van der Waals surface area contributed by atoms with Gasteiger partial charge in [0.1, 0.15) is 5.75 Å². The van der Waals surface area contributed by atoms with E-state index in [0.29, 0.717) is 16.9 Å². The molecule has 0 fully saturated rings. The van der Waals surface area contributed by atoms with Crippen LogP contribution in [0.15, 0.2) is 17.0 Å². The van der Waals surface area contributed by atoms with Crippen molar-refractivity contribution in [3.63, 3.8) is 0 Å². The van der Waals surface area contributed by atoms with Gasteiger partial charge >= 0.3 is 11.9 Å². The number of nitrogens with one attached hydrogen (secondary N) is 2. The summed E-state index contributed by atoms with van der Waals surface area (Å²) in [6.45, 7) is 2.58. The highest BCUT2D eigenvalue weighted by molar-refractivity contribution is 7.89. The van der Waals surface area contributed by atoms with Crippen molar-refractivity contribution >= 4 is 27.8 Å². The number of carbonyl (C=O) groups excluding carboxylic acids is 2. The smallest absolute Gasteiger partial charge is 0.396 e. The number of aliphatic carboxylic acids is 1. The number of rotatable bonds is 5. The standard InChI is InChI=1S/C14H19N3O7S/c1-8-5-10(24-4)6-9(2)12(8)25(22,23)17(3)7-11(18)15-16-13(19)14(20)21/h5-6H,7H2,1-4H3,(H,15,18)(H,16,19)(H,20,21). The van der Waals surface area contributed by atoms with E-state index in [2.05, 4.69) is 0 Å². The number of aryl methyl sites for hydroxylation is 2. The molecule has 1 aromatic rings. The molecule has 2 amide bonds. The van der Waals surface area contributed by atoms with Gasteiger partial charge in [-0.25, -0.2) is 13.2 Å². The summed E-state index contributed by atoms with van der Waals surface area (Å²) >= 11 is 0. The number of likely N-dealkylation sites (N-methyl/N-ethyl adjacent to an activating group) is 1. The van der Waals surface area contributed by atoms with Crippen molar-refractivity contribution in [2.75, 3.05) is 20.7 Å². The second-order valence-corrected chi connectivity index (χ2v) is 7.14. The normalized spacial score (nSPS) is 11.1. The number of hydrogen-bond acceptors (Lipinski definition) is 6. The van der Waals surface area contributed by atoms with Gasteiger partial charge < -0.3 is 9.84 Å². The van der Waals surface area contributed by atoms with Crippen LogP contribution in [0.3, 0.4) is 0 Å². The van der Waals surface area contributed by atoms with Gasteiger partial charge in [0.2, 0.25) is 10.0 Å². The van der Waals surface area contributed by atoms with Gasteiger partial charge in [-0.15, -0.1) is 0 Å². The number of hydrogen-bond donors (Lipinski definition) is 3. The Bertz CT molecular complexity index is 782. The summed E-state index contributed by atoms with van der Waals surface area (Å²) in [5, 5.41) is 8.38. The fraction of sp³-hybridized carbons (Fsp3) is 0.357. The number of carboxylic acids is 1. The molecule has 0 aliphatic rings. The highest BCUT2D eigenvalue weighted by atomic mass is 32.2. The molecule has 0 saturated carbocycles. The van der Waals surface area contributed by atoms with Crippen LogP contribution >= 0.6 is 0 Å². The van der Waals surface area contributed by atoms with Crippen LogP contribution in [0, 0.1) is 13.8 Å². The molecule has 0 radical (unpaired) electrons. The number of amides is 2. The van der Waals surface area contributed by atoms with E-state index in [1.807, 2.05) is 5.43 Å². The third-order valence-electron chi connectivity index (χ3n) is 3.21. The van der Waals surface area contributed by atoms with Crippen molar-refractivity contribution in [3.05, 3.63) is 23.3 Å². The van der Waals surface area contributed by atoms with Crippen LogP contribution in [0.4, 0.5) is 0 Å². The summed E-state index contributed by atoms with van der Waals surface area (Å²) in [6.07, 6.45) is 0. The van der Waals surface area contributed by atoms with Crippen molar-refractivity contribution in [2.24, 2.45) is 0 Å². The first kappa shape index (κ1) is 20.4. The average molecular weight is 373 g/mol. The van der Waals surface area contributed by atoms with E-state index in [9.17, 15) is 22.8 Å². The van der Waals surface area contributed by atoms with Crippen LogP contribution in [-0.2, 0) is 24.4 Å². The molecule has 0 aliphatic heterocycles. The Morgan fingerprint density at radius 2 is 1.68 bits per heavy atom. The fourth-order valence-corrected chi connectivity index (χ4v) is 3.63. The number of hydrazine groups is 1. The van der Waals surface area contributed by atoms with Crippen LogP contribution in [0.2, 0.25) is 0 Å². The molecular weight excluding hydrogens is 354 g/mol. The SMILES string of the molecule is COc1cc(C)c(S(=O)(=O)N(C)CC(=O)NNC(=O)C(=O)O)c(C)c1. The molecule has 0 saturated heterocycles. The van der Waals surface area contributed by atoms with Gasteiger partial charge in [-0.3, -0.25) is 20.4 Å². The second kappa shape index (κ2) is 7.94. The lowest BCUT2D eigenvalue weighted by molar-refractivity contribution is -0.151. The molecule has 11 heteroatoms. The van der Waals surface area contributed by atoms with Gasteiger partial charge in [-0.05, 0) is 37.1 Å². The van der Waals surface area contributed by atoms with E-state index >= 15 is 0 Å². The molecule has 1 rings (SSSR count). The monoisotopic (exact) mass is 373 g/mol. The topological polar surface area (TPSA) is 142 Å². The number of benzene rings is 1. The molecule has 0 bridgehead atoms. The Balaban J connectivity index is 2.94. The molecule has 0 atom stereocenters. The maximum atomic E-state index is 12.7. The molecule has 138 valence electrons. The lowest BCUT2D eigenvalue weighted by Gasteiger charge is -2.20. The Morgan fingerprint density at radius 3 is 2.12 bits per heavy atom. The molecule has 0 aliphatic carbocycles. The summed E-state index contributed by atoms with van der Waals surface area (Å²) in [7, 11) is -1.33. The largest absolute Gasteiger partial charge is 0.497 e. The zero-order chi connectivity index (χ0) is 19.4. The Kier molecular flexibility index (Phi) is 6.48. The van der Waals surface area contributed by atoms with Gasteiger partial charge in [0, 0.05) is 7.05 Å². The lowest BCUT2D eigenvalue weighted by Crippen LogP contribution is -2.48. The zero-order valence-electron chi connectivity index (χ0n) is 14.1. The summed E-state index contributed by atoms with van der Waals surface area (Å²) in [4.78, 5) is 32.9. The van der Waals surface area contributed by atoms with E-state index in [-0.39, 0.29) is 4.90 Å². The maximum absolute atomic E-state index is 12.7. The number of carboxylic acid groups (broad SMARTS) is 1. The van der Waals surface area contributed by atoms with Crippen molar-refractivity contribution in [2.45, 2.75) is 18.7 Å². The molecule has 3 N–H and O–H groups in total. The predicted molar refractivity (Wildman–Crippen MR) is 86.2 cm³/mol. The minimum absolute atomic E-state index is 0.0400. The highest BCUT2D eigenvalue weighted by Gasteiger charge is 2.27. The van der Waals surface area contributed by atoms with Crippen molar-refractivity contribution in [1.29, 1.82) is 0 Å². The highest BCUT2D eigenvalue weighted by Crippen LogP contribution is 2.27. The first-order valence-electron chi connectivity index (χ1n) is 6.94. The molecule has 10 nitrogen and oxygen atoms in total. The third kappa shape index (κ3) is 4.90. The lowest BCUT2D eigenvalue weighted by atomic mass is 10.1. The first-order valence-corrected chi connectivity index (χ1v) is 8.38. The summed E-state index contributed by atoms with van der Waals surface area (Å²) in [5.74, 6) is -3.62. The predicted octanol–water partition coefficient (Wildman–Crippen LogP) is -0.835. The molecule has 0 unspecified atom stereocenters. The van der Waals surface area contributed by atoms with Crippen LogP contribution in [0.25, 0.3) is 0 Å². The number of nitrogens with zero attached hydrogens (tertiary/aromatic N) is 1. The minimum Gasteiger partial charge on any atom is -0.497 e. The summed E-state index contributed by atoms with van der Waals surface area (Å²) in [6, 6.07) is 3.11. The fourth-order valence-electron chi connectivity index (χ4n) is 2.10. The van der Waals surface area contributed by atoms with Crippen LogP contribution in [0.1, 0.15) is 11.1 Å². The number of sulfonamides is 1. The maximum Gasteiger partial charge on any atom is 0.396 e. The molecule has 0 heterocycles. The number of methoxy groups -OCH3 is 1. The van der Waals surface area contributed by atoms with Gasteiger partial charge in [0.25, 0.3) is 5.91 Å². The molecule has 0 spiro atoms. The number of carbonyl (C=O) groups is 3. The third-order valence-corrected chi connectivity index (χ3v) is 5.32. The quantitative estimate of drug-likeness (QED) is 0.451. The van der Waals surface area contributed by atoms with Crippen molar-refractivity contribution in [1.82, 2.24) is 15.2 Å². The van der Waals surface area contributed by atoms with E-state index in [0.717, 1.165) is 4.31 Å². The minimum atomic E-state index is -3.99. The van der Waals surface area contributed by atoms with E-state index in [1.54, 1.807) is 31.4 Å². The van der Waals surface area contributed by atoms with E-state index in [4.69, 9.17) is 9.84 Å². The Morgan fingerprint density at radius 1 is 1.16 bits per heavy atom. The first-order chi connectivity index (χ1) is 11.5. The van der Waals surface area contributed by atoms with Gasteiger partial charge in [0.05, 0.1) is 18.6 Å². The zero-order valence-corrected chi connectivity index (χ0v) is 14.9. The van der Waals surface area contributed by atoms with Crippen LogP contribution < -0.4 is 15.6 Å². The average Bonchev–Trinajstić information content (AvgIpc) is 2.51. The summed E-state index contributed by atoms with van der Waals surface area (Å²) < 4.78 is 31.2. The van der Waals surface area contributed by atoms with Gasteiger partial charge in [-0.2, -0.15) is 4.31 Å². The van der Waals surface area contributed by atoms with E-state index < -0.39 is 34.4 Å². The van der Waals surface area contributed by atoms with E-state index in [1.165, 1.54) is 14.2 Å². The number of ether oxygens (including phenoxy) is 1. The summed E-state index contributed by atoms with van der Waals surface area (Å²) in [5.41, 5.74) is 4.36. The van der Waals surface area contributed by atoms with Gasteiger partial charge in [0.15, 0.2) is 0 Å². The van der Waals surface area contributed by atoms with Crippen molar-refractivity contribution in [3.8, 4) is 5.75 Å². The molecule has 25 heavy (non-hydrogen) atoms. The van der Waals surface area contributed by atoms with Crippen molar-refractivity contribution < 1.29 is 32.6 Å². The molecule has 0 aromatic heterocycles. The Labute approximate surface area is 144 Å². The molecule has 1 aromatic carbocycles.